The number of aryl methyl sites for hydroxylation is 1. The van der Waals surface area contributed by atoms with E-state index in [9.17, 15) is 0 Å². The van der Waals surface area contributed by atoms with Crippen LogP contribution in [0.3, 0.4) is 0 Å². The molecule has 14 heavy (non-hydrogen) atoms. The first kappa shape index (κ1) is 11.2. The zero-order valence-corrected chi connectivity index (χ0v) is 9.24. The van der Waals surface area contributed by atoms with Crippen molar-refractivity contribution in [3.05, 3.63) is 18.0 Å². The van der Waals surface area contributed by atoms with E-state index < -0.39 is 0 Å². The van der Waals surface area contributed by atoms with E-state index in [0.29, 0.717) is 0 Å². The highest BCUT2D eigenvalue weighted by Gasteiger charge is 2.07. The molecule has 0 aromatic carbocycles. The minimum atomic E-state index is 0.168. The summed E-state index contributed by atoms with van der Waals surface area (Å²) in [5.74, 6) is 0. The van der Waals surface area contributed by atoms with Gasteiger partial charge < -0.3 is 5.73 Å². The smallest absolute Gasteiger partial charge is 0.0537 e. The fourth-order valence-corrected chi connectivity index (χ4v) is 1.52. The largest absolute Gasteiger partial charge is 0.324 e. The number of hydrogen-bond acceptors (Lipinski definition) is 2. The molecule has 0 radical (unpaired) electrons. The summed E-state index contributed by atoms with van der Waals surface area (Å²) >= 11 is 0. The highest BCUT2D eigenvalue weighted by Crippen LogP contribution is 2.16. The molecule has 1 rings (SSSR count). The predicted octanol–water partition coefficient (Wildman–Crippen LogP) is 2.48. The fourth-order valence-electron chi connectivity index (χ4n) is 1.52. The Labute approximate surface area is 86.3 Å². The average molecular weight is 195 g/mol. The Hall–Kier alpha value is -0.830. The van der Waals surface area contributed by atoms with Gasteiger partial charge in [0.25, 0.3) is 0 Å². The Kier molecular flexibility index (Phi) is 4.66. The van der Waals surface area contributed by atoms with Gasteiger partial charge in [-0.1, -0.05) is 26.2 Å². The lowest BCUT2D eigenvalue weighted by molar-refractivity contribution is 0.579. The molecule has 0 bridgehead atoms. The van der Waals surface area contributed by atoms with E-state index in [0.717, 1.165) is 13.0 Å². The van der Waals surface area contributed by atoms with Crippen molar-refractivity contribution in [1.29, 1.82) is 0 Å². The molecule has 1 aromatic heterocycles. The molecule has 0 saturated carbocycles. The summed E-state index contributed by atoms with van der Waals surface area (Å²) in [6.45, 7) is 5.21. The van der Waals surface area contributed by atoms with Crippen molar-refractivity contribution < 1.29 is 0 Å². The second-order valence-corrected chi connectivity index (χ2v) is 3.73. The molecule has 3 nitrogen and oxygen atoms in total. The molecule has 0 aliphatic carbocycles. The summed E-state index contributed by atoms with van der Waals surface area (Å²) < 4.78 is 1.93. The molecule has 0 amide bonds. The van der Waals surface area contributed by atoms with Crippen LogP contribution in [-0.4, -0.2) is 9.78 Å². The summed E-state index contributed by atoms with van der Waals surface area (Å²) in [6.07, 6.45) is 8.76. The number of nitrogens with two attached hydrogens (primary N) is 1. The van der Waals surface area contributed by atoms with Gasteiger partial charge in [0.05, 0.1) is 6.20 Å². The van der Waals surface area contributed by atoms with Crippen LogP contribution in [0.4, 0.5) is 0 Å². The van der Waals surface area contributed by atoms with Gasteiger partial charge in [-0.05, 0) is 13.3 Å². The molecule has 0 saturated heterocycles. The van der Waals surface area contributed by atoms with Crippen LogP contribution in [0.25, 0.3) is 0 Å². The summed E-state index contributed by atoms with van der Waals surface area (Å²) in [4.78, 5) is 0. The Bertz CT molecular complexity index is 255. The van der Waals surface area contributed by atoms with Crippen molar-refractivity contribution in [2.75, 3.05) is 0 Å². The molecular weight excluding hydrogens is 174 g/mol. The Morgan fingerprint density at radius 1 is 1.43 bits per heavy atom. The molecule has 1 heterocycles. The van der Waals surface area contributed by atoms with Crippen molar-refractivity contribution >= 4 is 0 Å². The van der Waals surface area contributed by atoms with Crippen LogP contribution in [0.5, 0.6) is 0 Å². The van der Waals surface area contributed by atoms with E-state index >= 15 is 0 Å². The van der Waals surface area contributed by atoms with E-state index in [1.165, 1.54) is 24.8 Å². The van der Waals surface area contributed by atoms with Crippen LogP contribution in [0.15, 0.2) is 12.4 Å². The molecule has 0 spiro atoms. The second kappa shape index (κ2) is 5.81. The Balaban J connectivity index is 2.39. The Morgan fingerprint density at radius 2 is 2.21 bits per heavy atom. The van der Waals surface area contributed by atoms with Gasteiger partial charge >= 0.3 is 0 Å². The average Bonchev–Trinajstić information content (AvgIpc) is 2.66. The van der Waals surface area contributed by atoms with E-state index in [4.69, 9.17) is 5.73 Å². The first-order valence-corrected chi connectivity index (χ1v) is 5.55. The van der Waals surface area contributed by atoms with Gasteiger partial charge in [-0.15, -0.1) is 0 Å². The zero-order chi connectivity index (χ0) is 10.4. The summed E-state index contributed by atoms with van der Waals surface area (Å²) in [5.41, 5.74) is 7.22. The maximum absolute atomic E-state index is 6.05. The number of hydrogen-bond donors (Lipinski definition) is 1. The van der Waals surface area contributed by atoms with E-state index in [1.54, 1.807) is 0 Å². The Morgan fingerprint density at radius 3 is 2.79 bits per heavy atom. The third-order valence-electron chi connectivity index (χ3n) is 2.52. The highest BCUT2D eigenvalue weighted by molar-refractivity contribution is 5.09. The fraction of sp³-hybridized carbons (Fsp3) is 0.727. The second-order valence-electron chi connectivity index (χ2n) is 3.73. The van der Waals surface area contributed by atoms with E-state index in [1.807, 2.05) is 10.9 Å². The van der Waals surface area contributed by atoms with Crippen LogP contribution < -0.4 is 5.73 Å². The third kappa shape index (κ3) is 3.14. The maximum atomic E-state index is 6.05. The van der Waals surface area contributed by atoms with E-state index in [2.05, 4.69) is 25.1 Å². The van der Waals surface area contributed by atoms with E-state index in [-0.39, 0.29) is 6.04 Å². The number of unbranched alkanes of at least 4 members (excludes halogenated alkanes) is 2. The molecule has 0 fully saturated rings. The normalized spacial score (nSPS) is 13.1. The lowest BCUT2D eigenvalue weighted by atomic mass is 10.0. The SMILES string of the molecule is CCCCCC(N)c1cnn(CC)c1. The van der Waals surface area contributed by atoms with Crippen LogP contribution in [0.2, 0.25) is 0 Å². The molecule has 2 N–H and O–H groups in total. The lowest BCUT2D eigenvalue weighted by Crippen LogP contribution is -2.09. The van der Waals surface area contributed by atoms with Gasteiger partial charge in [0, 0.05) is 24.3 Å². The molecule has 80 valence electrons. The van der Waals surface area contributed by atoms with Crippen molar-refractivity contribution in [3.63, 3.8) is 0 Å². The van der Waals surface area contributed by atoms with Crippen molar-refractivity contribution in [2.24, 2.45) is 5.73 Å². The first-order valence-electron chi connectivity index (χ1n) is 5.55. The third-order valence-corrected chi connectivity index (χ3v) is 2.52. The van der Waals surface area contributed by atoms with Gasteiger partial charge in [-0.25, -0.2) is 0 Å². The van der Waals surface area contributed by atoms with Crippen molar-refractivity contribution in [3.8, 4) is 0 Å². The minimum absolute atomic E-state index is 0.168. The maximum Gasteiger partial charge on any atom is 0.0537 e. The van der Waals surface area contributed by atoms with Crippen LogP contribution in [0.1, 0.15) is 51.1 Å². The van der Waals surface area contributed by atoms with Gasteiger partial charge in [0.2, 0.25) is 0 Å². The van der Waals surface area contributed by atoms with Crippen LogP contribution in [0, 0.1) is 0 Å². The standard InChI is InChI=1S/C11H21N3/c1-3-5-6-7-11(12)10-8-13-14(4-2)9-10/h8-9,11H,3-7,12H2,1-2H3. The van der Waals surface area contributed by atoms with Gasteiger partial charge in [0.15, 0.2) is 0 Å². The monoisotopic (exact) mass is 195 g/mol. The van der Waals surface area contributed by atoms with Crippen molar-refractivity contribution in [2.45, 2.75) is 52.1 Å². The number of nitrogens with zero attached hydrogens (tertiary/aromatic N) is 2. The number of aromatic nitrogens is 2. The molecular formula is C11H21N3. The lowest BCUT2D eigenvalue weighted by Gasteiger charge is -2.07. The van der Waals surface area contributed by atoms with Crippen LogP contribution in [-0.2, 0) is 6.54 Å². The molecule has 0 aliphatic heterocycles. The highest BCUT2D eigenvalue weighted by atomic mass is 15.3. The predicted molar refractivity (Wildman–Crippen MR) is 59.0 cm³/mol. The minimum Gasteiger partial charge on any atom is -0.324 e. The van der Waals surface area contributed by atoms with Gasteiger partial charge in [-0.2, -0.15) is 5.10 Å². The summed E-state index contributed by atoms with van der Waals surface area (Å²) in [6, 6.07) is 0.168. The quantitative estimate of drug-likeness (QED) is 0.709. The van der Waals surface area contributed by atoms with Crippen molar-refractivity contribution in [1.82, 2.24) is 9.78 Å². The molecule has 1 atom stereocenters. The first-order chi connectivity index (χ1) is 6.77. The number of rotatable bonds is 6. The molecule has 3 heteroatoms. The molecule has 1 aromatic rings. The zero-order valence-electron chi connectivity index (χ0n) is 9.24. The molecule has 1 unspecified atom stereocenters. The van der Waals surface area contributed by atoms with Gasteiger partial charge in [-0.3, -0.25) is 4.68 Å². The summed E-state index contributed by atoms with van der Waals surface area (Å²) in [7, 11) is 0. The molecule has 0 aliphatic rings. The topological polar surface area (TPSA) is 43.8 Å². The summed E-state index contributed by atoms with van der Waals surface area (Å²) in [5, 5.41) is 4.22. The van der Waals surface area contributed by atoms with Gasteiger partial charge in [0.1, 0.15) is 0 Å². The van der Waals surface area contributed by atoms with Crippen LogP contribution >= 0.6 is 0 Å².